The number of aromatic nitrogens is 4. The lowest BCUT2D eigenvalue weighted by atomic mass is 10.1. The van der Waals surface area contributed by atoms with Crippen LogP contribution in [-0.2, 0) is 37.8 Å². The predicted octanol–water partition coefficient (Wildman–Crippen LogP) is 1.52. The molecule has 0 atom stereocenters. The smallest absolute Gasteiger partial charge is 0.272 e. The fourth-order valence-electron chi connectivity index (χ4n) is 5.94. The summed E-state index contributed by atoms with van der Waals surface area (Å²) in [5, 5.41) is 23.9. The summed E-state index contributed by atoms with van der Waals surface area (Å²) in [4.78, 5) is 79.5. The number of nitrogens with one attached hydrogen (secondary N) is 7. The van der Waals surface area contributed by atoms with Gasteiger partial charge in [-0.1, -0.05) is 19.3 Å². The van der Waals surface area contributed by atoms with Gasteiger partial charge >= 0.3 is 0 Å². The molecule has 0 radical (unpaired) electrons. The van der Waals surface area contributed by atoms with Gasteiger partial charge in [0.1, 0.15) is 29.6 Å². The average Bonchev–Trinajstić information content (AvgIpc) is 3.93. The zero-order valence-electron chi connectivity index (χ0n) is 33.6. The van der Waals surface area contributed by atoms with Crippen LogP contribution in [0.2, 0.25) is 0 Å². The summed E-state index contributed by atoms with van der Waals surface area (Å²) >= 11 is 0. The van der Waals surface area contributed by atoms with Crippen LogP contribution in [0.15, 0.2) is 54.0 Å². The van der Waals surface area contributed by atoms with Crippen molar-refractivity contribution in [3.8, 4) is 0 Å². The molecule has 0 bridgehead atoms. The van der Waals surface area contributed by atoms with Gasteiger partial charge in [0.2, 0.25) is 11.8 Å². The lowest BCUT2D eigenvalue weighted by molar-refractivity contribution is -0.116. The second kappa shape index (κ2) is 20.7. The number of amides is 6. The van der Waals surface area contributed by atoms with Crippen LogP contribution in [0.25, 0.3) is 0 Å². The summed E-state index contributed by atoms with van der Waals surface area (Å²) in [6.45, 7) is 0.426. The molecule has 4 aromatic rings. The van der Waals surface area contributed by atoms with Gasteiger partial charge in [-0.05, 0) is 37.1 Å². The Labute approximate surface area is 340 Å². The van der Waals surface area contributed by atoms with E-state index in [-0.39, 0.29) is 49.0 Å². The molecule has 4 rings (SSSR count). The van der Waals surface area contributed by atoms with E-state index in [9.17, 15) is 28.8 Å². The number of hydrogen-bond donors (Lipinski definition) is 10. The molecule has 0 unspecified atom stereocenters. The summed E-state index contributed by atoms with van der Waals surface area (Å²) in [7, 11) is 6.74. The summed E-state index contributed by atoms with van der Waals surface area (Å²) in [5.41, 5.74) is 18.1. The van der Waals surface area contributed by atoms with E-state index in [0.29, 0.717) is 64.9 Å². The lowest BCUT2D eigenvalue weighted by Gasteiger charge is -2.05. The van der Waals surface area contributed by atoms with Crippen molar-refractivity contribution in [3.63, 3.8) is 0 Å². The van der Waals surface area contributed by atoms with Gasteiger partial charge < -0.3 is 67.4 Å². The van der Waals surface area contributed by atoms with Gasteiger partial charge in [0.05, 0.1) is 28.3 Å². The largest absolute Gasteiger partial charge is 0.388 e. The van der Waals surface area contributed by atoms with E-state index in [4.69, 9.17) is 22.6 Å². The molecule has 4 aromatic heterocycles. The van der Waals surface area contributed by atoms with Crippen LogP contribution in [0.4, 0.5) is 23.0 Å². The molecular weight excluding hydrogens is 763 g/mol. The zero-order chi connectivity index (χ0) is 43.2. The third-order valence-electron chi connectivity index (χ3n) is 9.01. The summed E-state index contributed by atoms with van der Waals surface area (Å²) in [6, 6.07) is 6.21. The van der Waals surface area contributed by atoms with Gasteiger partial charge in [0.15, 0.2) is 5.96 Å². The Hall–Kier alpha value is -7.32. The number of amidine groups is 1. The van der Waals surface area contributed by atoms with E-state index in [1.165, 1.54) is 6.07 Å². The van der Waals surface area contributed by atoms with Crippen LogP contribution in [0.5, 0.6) is 0 Å². The first kappa shape index (κ1) is 44.4. The molecule has 13 N–H and O–H groups in total. The number of anilines is 4. The van der Waals surface area contributed by atoms with Crippen LogP contribution in [-0.4, -0.2) is 85.1 Å². The molecule has 0 saturated heterocycles. The Balaban J connectivity index is 1.11. The second-order valence-corrected chi connectivity index (χ2v) is 14.0. The summed E-state index contributed by atoms with van der Waals surface area (Å²) in [5.74, 6) is -1.56. The Morgan fingerprint density at radius 2 is 1.10 bits per heavy atom. The normalized spacial score (nSPS) is 10.7. The quantitative estimate of drug-likeness (QED) is 0.0331. The first-order chi connectivity index (χ1) is 28.0. The van der Waals surface area contributed by atoms with Gasteiger partial charge in [-0.15, -0.1) is 0 Å². The summed E-state index contributed by atoms with van der Waals surface area (Å²) < 4.78 is 6.39. The lowest BCUT2D eigenvalue weighted by Crippen LogP contribution is -2.28. The van der Waals surface area contributed by atoms with Crippen molar-refractivity contribution >= 4 is 70.2 Å². The van der Waals surface area contributed by atoms with Crippen molar-refractivity contribution in [1.82, 2.24) is 28.9 Å². The average molecular weight is 816 g/mol. The first-order valence-corrected chi connectivity index (χ1v) is 18.8. The molecule has 0 fully saturated rings. The third kappa shape index (κ3) is 13.4. The highest BCUT2D eigenvalue weighted by Gasteiger charge is 2.19. The maximum atomic E-state index is 13.0. The molecule has 0 spiro atoms. The molecule has 0 aliphatic heterocycles. The van der Waals surface area contributed by atoms with E-state index < -0.39 is 17.7 Å². The molecule has 0 aliphatic rings. The van der Waals surface area contributed by atoms with E-state index >= 15 is 0 Å². The highest BCUT2D eigenvalue weighted by Crippen LogP contribution is 2.20. The van der Waals surface area contributed by atoms with E-state index in [2.05, 4.69) is 36.9 Å². The maximum Gasteiger partial charge on any atom is 0.272 e. The fourth-order valence-corrected chi connectivity index (χ4v) is 5.94. The highest BCUT2D eigenvalue weighted by atomic mass is 16.2. The van der Waals surface area contributed by atoms with Crippen molar-refractivity contribution in [2.45, 2.75) is 44.9 Å². The van der Waals surface area contributed by atoms with Gasteiger partial charge in [0, 0.05) is 78.9 Å². The third-order valence-corrected chi connectivity index (χ3v) is 9.01. The Morgan fingerprint density at radius 1 is 0.559 bits per heavy atom. The van der Waals surface area contributed by atoms with Crippen LogP contribution in [0.1, 0.15) is 86.6 Å². The number of carbonyl (C=O) groups is 6. The molecule has 0 aliphatic carbocycles. The van der Waals surface area contributed by atoms with E-state index in [0.717, 1.165) is 25.7 Å². The number of nitrogens with zero attached hydrogens (tertiary/aromatic N) is 5. The monoisotopic (exact) mass is 815 g/mol. The number of rotatable bonds is 21. The molecule has 21 heteroatoms. The van der Waals surface area contributed by atoms with Crippen LogP contribution in [0, 0.1) is 5.41 Å². The molecule has 0 saturated carbocycles. The Morgan fingerprint density at radius 3 is 1.73 bits per heavy atom. The van der Waals surface area contributed by atoms with Crippen molar-refractivity contribution in [2.75, 3.05) is 40.9 Å². The minimum absolute atomic E-state index is 0.0283. The minimum Gasteiger partial charge on any atom is -0.388 e. The number of aryl methyl sites for hydroxylation is 4. The van der Waals surface area contributed by atoms with E-state index in [1.807, 2.05) is 0 Å². The number of aliphatic imine (C=N–C) groups is 1. The van der Waals surface area contributed by atoms with Crippen LogP contribution < -0.4 is 49.1 Å². The SMILES string of the molecule is Cn1cc(C(=O)Nc2cc(C(=O)NCCCCCCCC(=O)Nc3cc(C(=O)Nc4cc(C(=O)NCCC(=N)N)n(C)c4)n(C)c3)cn2C)cc1NC(=O)CN=C(N)N. The van der Waals surface area contributed by atoms with Gasteiger partial charge in [-0.2, -0.15) is 0 Å². The molecular formula is C38H53N15O6. The number of carbonyl (C=O) groups excluding carboxylic acids is 6. The fraction of sp³-hybridized carbons (Fsp3) is 0.368. The van der Waals surface area contributed by atoms with Gasteiger partial charge in [-0.25, -0.2) is 4.99 Å². The van der Waals surface area contributed by atoms with Gasteiger partial charge in [-0.3, -0.25) is 34.2 Å². The predicted molar refractivity (Wildman–Crippen MR) is 224 cm³/mol. The molecule has 21 nitrogen and oxygen atoms in total. The van der Waals surface area contributed by atoms with E-state index in [1.54, 1.807) is 89.4 Å². The molecule has 4 heterocycles. The van der Waals surface area contributed by atoms with Crippen molar-refractivity contribution in [3.05, 3.63) is 71.6 Å². The highest BCUT2D eigenvalue weighted by molar-refractivity contribution is 6.07. The van der Waals surface area contributed by atoms with Crippen molar-refractivity contribution in [2.24, 2.45) is 50.4 Å². The molecule has 316 valence electrons. The standard InChI is InChI=1S/C38H53N15O6/c1-50-22-26(17-27(50)36(58)44-13-11-29(39)40)47-37(59)28-16-25(21-51(28)2)46-32(54)10-8-6-5-7-9-12-43-34(56)23-14-31(53(4)19-23)49-35(57)24-15-30(52(3)20-24)48-33(55)18-45-38(41)42/h14-17,19-22H,5-13,18H2,1-4H3,(H3,39,40)(H,43,56)(H,44,58)(H,46,54)(H,47,59)(H,48,55)(H,49,57)(H4,41,42,45). The minimum atomic E-state index is -0.453. The summed E-state index contributed by atoms with van der Waals surface area (Å²) in [6.07, 6.45) is 11.0. The zero-order valence-corrected chi connectivity index (χ0v) is 33.6. The van der Waals surface area contributed by atoms with Crippen LogP contribution in [0.3, 0.4) is 0 Å². The number of hydrogen-bond acceptors (Lipinski definition) is 8. The van der Waals surface area contributed by atoms with Gasteiger partial charge in [0.25, 0.3) is 23.6 Å². The maximum absolute atomic E-state index is 13.0. The van der Waals surface area contributed by atoms with Crippen molar-refractivity contribution < 1.29 is 28.8 Å². The molecule has 59 heavy (non-hydrogen) atoms. The Bertz CT molecular complexity index is 2220. The number of unbranched alkanes of at least 4 members (excludes halogenated alkanes) is 4. The number of nitrogens with two attached hydrogens (primary N) is 3. The number of guanidine groups is 1. The molecule has 6 amide bonds. The first-order valence-electron chi connectivity index (χ1n) is 18.8. The Kier molecular flexibility index (Phi) is 15.6. The van der Waals surface area contributed by atoms with Crippen LogP contribution >= 0.6 is 0 Å². The second-order valence-electron chi connectivity index (χ2n) is 14.0. The topological polar surface area (TPSA) is 309 Å². The molecule has 0 aromatic carbocycles. The van der Waals surface area contributed by atoms with Crippen molar-refractivity contribution in [1.29, 1.82) is 5.41 Å².